The molecular formula is C21H20Cl2F2N4O3. The van der Waals surface area contributed by atoms with Crippen molar-refractivity contribution < 1.29 is 23.2 Å². The lowest BCUT2D eigenvalue weighted by Gasteiger charge is -2.24. The van der Waals surface area contributed by atoms with E-state index in [9.17, 15) is 23.2 Å². The minimum Gasteiger partial charge on any atom is -0.351 e. The van der Waals surface area contributed by atoms with Gasteiger partial charge in [-0.3, -0.25) is 19.7 Å². The van der Waals surface area contributed by atoms with Crippen LogP contribution < -0.4 is 10.6 Å². The van der Waals surface area contributed by atoms with E-state index in [1.54, 1.807) is 12.1 Å². The van der Waals surface area contributed by atoms with Gasteiger partial charge in [-0.2, -0.15) is 0 Å². The lowest BCUT2D eigenvalue weighted by molar-refractivity contribution is -0.134. The highest BCUT2D eigenvalue weighted by atomic mass is 35.5. The fourth-order valence-electron chi connectivity index (χ4n) is 3.34. The van der Waals surface area contributed by atoms with Crippen LogP contribution in [0, 0.1) is 0 Å². The topological polar surface area (TPSA) is 101 Å². The number of halogens is 4. The van der Waals surface area contributed by atoms with Crippen molar-refractivity contribution in [3.63, 3.8) is 0 Å². The Morgan fingerprint density at radius 2 is 1.94 bits per heavy atom. The number of benzene rings is 1. The molecule has 0 bridgehead atoms. The maximum absolute atomic E-state index is 12.9. The molecule has 170 valence electrons. The average Bonchev–Trinajstić information content (AvgIpc) is 2.73. The Labute approximate surface area is 192 Å². The third kappa shape index (κ3) is 5.05. The summed E-state index contributed by atoms with van der Waals surface area (Å²) in [6.07, 6.45) is -1.11. The number of rotatable bonds is 6. The second-order valence-corrected chi connectivity index (χ2v) is 8.70. The monoisotopic (exact) mass is 484 g/mol. The summed E-state index contributed by atoms with van der Waals surface area (Å²) in [5, 5.41) is 5.45. The van der Waals surface area contributed by atoms with E-state index in [0.29, 0.717) is 17.5 Å². The minimum absolute atomic E-state index is 0.0305. The number of hydrogen-bond acceptors (Lipinski definition) is 5. The first kappa shape index (κ1) is 24.0. The molecule has 1 aliphatic heterocycles. The number of nitrogens with one attached hydrogen (secondary N) is 2. The predicted molar refractivity (Wildman–Crippen MR) is 113 cm³/mol. The predicted octanol–water partition coefficient (Wildman–Crippen LogP) is 3.84. The fraction of sp³-hybridized carbons (Fsp3) is 0.381. The van der Waals surface area contributed by atoms with Crippen LogP contribution in [-0.2, 0) is 26.3 Å². The van der Waals surface area contributed by atoms with Gasteiger partial charge < -0.3 is 5.32 Å². The van der Waals surface area contributed by atoms with Crippen molar-refractivity contribution in [1.29, 1.82) is 0 Å². The van der Waals surface area contributed by atoms with Crippen molar-refractivity contribution in [1.82, 2.24) is 20.6 Å². The first-order valence-electron chi connectivity index (χ1n) is 9.72. The van der Waals surface area contributed by atoms with E-state index >= 15 is 0 Å². The second kappa shape index (κ2) is 9.46. The number of hydrogen-bond donors (Lipinski definition) is 2. The van der Waals surface area contributed by atoms with Crippen LogP contribution >= 0.6 is 23.2 Å². The Morgan fingerprint density at radius 3 is 2.53 bits per heavy atom. The lowest BCUT2D eigenvalue weighted by Crippen LogP contribution is -2.41. The summed E-state index contributed by atoms with van der Waals surface area (Å²) >= 11 is 12.7. The van der Waals surface area contributed by atoms with Crippen LogP contribution in [0.5, 0.6) is 0 Å². The molecule has 1 aromatic carbocycles. The van der Waals surface area contributed by atoms with Gasteiger partial charge in [-0.1, -0.05) is 23.2 Å². The van der Waals surface area contributed by atoms with E-state index in [1.807, 2.05) is 0 Å². The number of aromatic nitrogens is 2. The fourth-order valence-corrected chi connectivity index (χ4v) is 4.14. The van der Waals surface area contributed by atoms with Gasteiger partial charge in [0.25, 0.3) is 6.43 Å². The number of alkyl halides is 2. The molecule has 1 aromatic heterocycles. The molecule has 1 fully saturated rings. The number of carbonyl (C=O) groups is 3. The molecule has 2 N–H and O–H groups in total. The van der Waals surface area contributed by atoms with Gasteiger partial charge in [0, 0.05) is 34.8 Å². The highest BCUT2D eigenvalue weighted by Gasteiger charge is 2.34. The van der Waals surface area contributed by atoms with Gasteiger partial charge in [-0.25, -0.2) is 18.7 Å². The molecular weight excluding hydrogens is 465 g/mol. The Balaban J connectivity index is 1.74. The summed E-state index contributed by atoms with van der Waals surface area (Å²) in [6.45, 7) is 3.10. The quantitative estimate of drug-likeness (QED) is 0.606. The van der Waals surface area contributed by atoms with Gasteiger partial charge in [0.2, 0.25) is 17.7 Å². The van der Waals surface area contributed by atoms with Crippen LogP contribution in [0.3, 0.4) is 0 Å². The number of nitrogens with zero attached hydrogens (tertiary/aromatic N) is 2. The van der Waals surface area contributed by atoms with Gasteiger partial charge in [-0.05, 0) is 44.0 Å². The van der Waals surface area contributed by atoms with Crippen molar-refractivity contribution in [2.24, 2.45) is 0 Å². The van der Waals surface area contributed by atoms with Gasteiger partial charge in [0.15, 0.2) is 0 Å². The highest BCUT2D eigenvalue weighted by Crippen LogP contribution is 2.37. The van der Waals surface area contributed by atoms with Crippen LogP contribution in [0.1, 0.15) is 61.7 Å². The van der Waals surface area contributed by atoms with Crippen LogP contribution in [0.25, 0.3) is 0 Å². The number of piperidine rings is 1. The van der Waals surface area contributed by atoms with Crippen LogP contribution in [0.2, 0.25) is 10.0 Å². The smallest absolute Gasteiger partial charge is 0.280 e. The zero-order chi connectivity index (χ0) is 23.6. The van der Waals surface area contributed by atoms with Gasteiger partial charge in [-0.15, -0.1) is 0 Å². The zero-order valence-corrected chi connectivity index (χ0v) is 18.7. The Hall–Kier alpha value is -2.65. The SMILES string of the molecule is CC(C)(C(=O)NCc1cc(Cl)c(C2CCC(=O)NC2=O)c(Cl)c1)c1nccc(C(F)F)n1. The van der Waals surface area contributed by atoms with Gasteiger partial charge in [0.1, 0.15) is 16.9 Å². The normalized spacial score (nSPS) is 16.8. The summed E-state index contributed by atoms with van der Waals surface area (Å²) in [6, 6.07) is 4.25. The maximum atomic E-state index is 12.9. The second-order valence-electron chi connectivity index (χ2n) is 7.89. The molecule has 0 saturated carbocycles. The van der Waals surface area contributed by atoms with Crippen molar-refractivity contribution in [3.8, 4) is 0 Å². The number of carbonyl (C=O) groups excluding carboxylic acids is 3. The Bertz CT molecular complexity index is 1060. The molecule has 32 heavy (non-hydrogen) atoms. The minimum atomic E-state index is -2.78. The first-order valence-corrected chi connectivity index (χ1v) is 10.5. The van der Waals surface area contributed by atoms with Crippen LogP contribution in [0.15, 0.2) is 24.4 Å². The Kier molecular flexibility index (Phi) is 7.09. The molecule has 1 unspecified atom stereocenters. The molecule has 11 heteroatoms. The first-order chi connectivity index (χ1) is 15.0. The summed E-state index contributed by atoms with van der Waals surface area (Å²) < 4.78 is 25.9. The highest BCUT2D eigenvalue weighted by molar-refractivity contribution is 6.36. The van der Waals surface area contributed by atoms with Crippen molar-refractivity contribution in [2.75, 3.05) is 0 Å². The lowest BCUT2D eigenvalue weighted by atomic mass is 9.89. The van der Waals surface area contributed by atoms with Crippen molar-refractivity contribution in [2.45, 2.75) is 51.0 Å². The Morgan fingerprint density at radius 1 is 1.28 bits per heavy atom. The van der Waals surface area contributed by atoms with E-state index < -0.39 is 35.3 Å². The van der Waals surface area contributed by atoms with E-state index in [1.165, 1.54) is 20.0 Å². The van der Waals surface area contributed by atoms with E-state index in [0.717, 1.165) is 6.07 Å². The molecule has 1 aliphatic rings. The number of imide groups is 1. The molecule has 1 atom stereocenters. The van der Waals surface area contributed by atoms with Crippen LogP contribution in [0.4, 0.5) is 8.78 Å². The van der Waals surface area contributed by atoms with Crippen molar-refractivity contribution in [3.05, 3.63) is 57.1 Å². The van der Waals surface area contributed by atoms with E-state index in [4.69, 9.17) is 23.2 Å². The average molecular weight is 485 g/mol. The van der Waals surface area contributed by atoms with Gasteiger partial charge in [0.05, 0.1) is 5.92 Å². The summed E-state index contributed by atoms with van der Waals surface area (Å²) in [4.78, 5) is 44.0. The summed E-state index contributed by atoms with van der Waals surface area (Å²) in [5.41, 5.74) is -0.739. The molecule has 7 nitrogen and oxygen atoms in total. The summed E-state index contributed by atoms with van der Waals surface area (Å²) in [5.74, 6) is -1.96. The molecule has 0 radical (unpaired) electrons. The largest absolute Gasteiger partial charge is 0.351 e. The third-order valence-electron chi connectivity index (χ3n) is 5.21. The number of amides is 3. The van der Waals surface area contributed by atoms with E-state index in [-0.39, 0.29) is 34.7 Å². The zero-order valence-electron chi connectivity index (χ0n) is 17.2. The third-order valence-corrected chi connectivity index (χ3v) is 5.83. The standard InChI is InChI=1S/C21H20Cl2F2N4O3/c1-21(2,19-26-6-5-14(28-19)17(24)25)20(32)27-9-10-7-12(22)16(13(23)8-10)11-3-4-15(30)29-18(11)31/h5-8,11,17H,3-4,9H2,1-2H3,(H,27,32)(H,29,30,31). The molecule has 0 aliphatic carbocycles. The molecule has 2 heterocycles. The molecule has 2 aromatic rings. The molecule has 1 saturated heterocycles. The van der Waals surface area contributed by atoms with E-state index in [2.05, 4.69) is 20.6 Å². The molecule has 0 spiro atoms. The molecule has 3 amide bonds. The molecule has 3 rings (SSSR count). The van der Waals surface area contributed by atoms with Gasteiger partial charge >= 0.3 is 0 Å². The van der Waals surface area contributed by atoms with Crippen LogP contribution in [-0.4, -0.2) is 27.7 Å². The van der Waals surface area contributed by atoms with Crippen molar-refractivity contribution >= 4 is 40.9 Å². The summed E-state index contributed by atoms with van der Waals surface area (Å²) in [7, 11) is 0. The maximum Gasteiger partial charge on any atom is 0.280 e.